The molecule has 22 heavy (non-hydrogen) atoms. The van der Waals surface area contributed by atoms with Crippen LogP contribution >= 0.6 is 0 Å². The summed E-state index contributed by atoms with van der Waals surface area (Å²) in [7, 11) is 1.50. The molecule has 0 N–H and O–H groups in total. The monoisotopic (exact) mass is 309 g/mol. The Kier molecular flexibility index (Phi) is 4.77. The normalized spacial score (nSPS) is 27.6. The standard InChI is InChI=1S/C15H19NO6/c1-4-15(2)9-21-14(20-3)12(15)22-13(17)10-5-7-11(8-6-10)16(18)19/h5-8,12,14H,4,9H2,1-3H3/t12-,14+,15-/m0/s1. The molecule has 0 saturated carbocycles. The summed E-state index contributed by atoms with van der Waals surface area (Å²) in [5.74, 6) is -0.549. The van der Waals surface area contributed by atoms with Crippen molar-refractivity contribution in [2.24, 2.45) is 5.41 Å². The van der Waals surface area contributed by atoms with Gasteiger partial charge in [-0.05, 0) is 18.6 Å². The lowest BCUT2D eigenvalue weighted by Gasteiger charge is -2.29. The predicted octanol–water partition coefficient (Wildman–Crippen LogP) is 2.54. The molecule has 1 aromatic carbocycles. The quantitative estimate of drug-likeness (QED) is 0.472. The molecule has 0 aromatic heterocycles. The van der Waals surface area contributed by atoms with Crippen LogP contribution in [0.2, 0.25) is 0 Å². The summed E-state index contributed by atoms with van der Waals surface area (Å²) < 4.78 is 16.3. The molecule has 0 aliphatic carbocycles. The van der Waals surface area contributed by atoms with Crippen molar-refractivity contribution in [1.29, 1.82) is 0 Å². The molecule has 2 rings (SSSR count). The first kappa shape index (κ1) is 16.4. The number of esters is 1. The van der Waals surface area contributed by atoms with Crippen LogP contribution in [0.15, 0.2) is 24.3 Å². The minimum Gasteiger partial charge on any atom is -0.453 e. The number of carbonyl (C=O) groups is 1. The summed E-state index contributed by atoms with van der Waals surface area (Å²) in [6.07, 6.45) is -0.359. The van der Waals surface area contributed by atoms with Gasteiger partial charge in [-0.2, -0.15) is 0 Å². The minimum atomic E-state index is -0.605. The van der Waals surface area contributed by atoms with Crippen LogP contribution in [0, 0.1) is 15.5 Å². The van der Waals surface area contributed by atoms with Crippen molar-refractivity contribution in [3.8, 4) is 0 Å². The van der Waals surface area contributed by atoms with E-state index in [4.69, 9.17) is 14.2 Å². The molecule has 3 atom stereocenters. The Hall–Kier alpha value is -1.99. The van der Waals surface area contributed by atoms with Crippen LogP contribution in [0.1, 0.15) is 30.6 Å². The van der Waals surface area contributed by atoms with Crippen molar-refractivity contribution in [3.05, 3.63) is 39.9 Å². The smallest absolute Gasteiger partial charge is 0.338 e. The average molecular weight is 309 g/mol. The van der Waals surface area contributed by atoms with E-state index in [1.54, 1.807) is 0 Å². The van der Waals surface area contributed by atoms with Crippen LogP contribution in [0.4, 0.5) is 5.69 Å². The number of hydrogen-bond donors (Lipinski definition) is 0. The number of nitro benzene ring substituents is 1. The maximum Gasteiger partial charge on any atom is 0.338 e. The van der Waals surface area contributed by atoms with Crippen molar-refractivity contribution in [3.63, 3.8) is 0 Å². The van der Waals surface area contributed by atoms with Gasteiger partial charge in [-0.3, -0.25) is 10.1 Å². The number of ether oxygens (including phenoxy) is 3. The van der Waals surface area contributed by atoms with E-state index in [1.807, 2.05) is 13.8 Å². The SMILES string of the molecule is CC[C@@]1(C)CO[C@@H](OC)[C@@H]1OC(=O)c1ccc([N+](=O)[O-])cc1. The van der Waals surface area contributed by atoms with Crippen LogP contribution in [-0.2, 0) is 14.2 Å². The van der Waals surface area contributed by atoms with E-state index in [2.05, 4.69) is 0 Å². The third-order valence-electron chi connectivity index (χ3n) is 4.10. The Bertz CT molecular complexity index is 558. The zero-order chi connectivity index (χ0) is 16.3. The molecule has 1 aliphatic heterocycles. The molecule has 1 aliphatic rings. The first-order valence-corrected chi connectivity index (χ1v) is 7.01. The highest BCUT2D eigenvalue weighted by Gasteiger charge is 2.48. The largest absolute Gasteiger partial charge is 0.453 e. The van der Waals surface area contributed by atoms with Gasteiger partial charge in [0, 0.05) is 24.7 Å². The Morgan fingerprint density at radius 3 is 2.59 bits per heavy atom. The molecule has 0 radical (unpaired) electrons. The summed E-state index contributed by atoms with van der Waals surface area (Å²) in [6, 6.07) is 5.30. The van der Waals surface area contributed by atoms with Crippen LogP contribution in [0.3, 0.4) is 0 Å². The zero-order valence-electron chi connectivity index (χ0n) is 12.8. The van der Waals surface area contributed by atoms with Crippen molar-refractivity contribution in [2.75, 3.05) is 13.7 Å². The molecule has 7 nitrogen and oxygen atoms in total. The van der Waals surface area contributed by atoms with Crippen molar-refractivity contribution >= 4 is 11.7 Å². The fraction of sp³-hybridized carbons (Fsp3) is 0.533. The first-order chi connectivity index (χ1) is 10.4. The number of hydrogen-bond acceptors (Lipinski definition) is 6. The van der Waals surface area contributed by atoms with Crippen molar-refractivity contribution in [2.45, 2.75) is 32.7 Å². The molecular formula is C15H19NO6. The first-order valence-electron chi connectivity index (χ1n) is 7.01. The lowest BCUT2D eigenvalue weighted by atomic mass is 9.84. The van der Waals surface area contributed by atoms with E-state index in [0.29, 0.717) is 6.61 Å². The maximum absolute atomic E-state index is 12.2. The van der Waals surface area contributed by atoms with Gasteiger partial charge < -0.3 is 14.2 Å². The van der Waals surface area contributed by atoms with E-state index in [0.717, 1.165) is 6.42 Å². The lowest BCUT2D eigenvalue weighted by Crippen LogP contribution is -2.39. The Labute approximate surface area is 128 Å². The molecule has 7 heteroatoms. The number of carbonyl (C=O) groups excluding carboxylic acids is 1. The minimum absolute atomic E-state index is 0.0751. The maximum atomic E-state index is 12.2. The van der Waals surface area contributed by atoms with Gasteiger partial charge in [0.25, 0.3) is 5.69 Å². The van der Waals surface area contributed by atoms with E-state index in [9.17, 15) is 14.9 Å². The highest BCUT2D eigenvalue weighted by molar-refractivity contribution is 5.89. The van der Waals surface area contributed by atoms with Crippen LogP contribution in [0.25, 0.3) is 0 Å². The van der Waals surface area contributed by atoms with Gasteiger partial charge >= 0.3 is 5.97 Å². The third-order valence-corrected chi connectivity index (χ3v) is 4.10. The molecule has 1 heterocycles. The van der Waals surface area contributed by atoms with Gasteiger partial charge in [0.2, 0.25) is 0 Å². The highest BCUT2D eigenvalue weighted by atomic mass is 16.7. The summed E-state index contributed by atoms with van der Waals surface area (Å²) >= 11 is 0. The van der Waals surface area contributed by atoms with Crippen molar-refractivity contribution < 1.29 is 23.9 Å². The molecule has 0 amide bonds. The summed E-state index contributed by atoms with van der Waals surface area (Å²) in [5, 5.41) is 10.6. The van der Waals surface area contributed by atoms with E-state index in [-0.39, 0.29) is 16.7 Å². The van der Waals surface area contributed by atoms with E-state index < -0.39 is 23.3 Å². The molecule has 0 unspecified atom stereocenters. The van der Waals surface area contributed by atoms with Crippen LogP contribution in [-0.4, -0.2) is 37.0 Å². The average Bonchev–Trinajstić information content (AvgIpc) is 2.84. The highest BCUT2D eigenvalue weighted by Crippen LogP contribution is 2.38. The summed E-state index contributed by atoms with van der Waals surface area (Å²) in [4.78, 5) is 22.3. The fourth-order valence-electron chi connectivity index (χ4n) is 2.37. The Balaban J connectivity index is 2.14. The molecule has 1 fully saturated rings. The van der Waals surface area contributed by atoms with Gasteiger partial charge in [-0.15, -0.1) is 0 Å². The van der Waals surface area contributed by atoms with Gasteiger partial charge in [0.1, 0.15) is 0 Å². The second-order valence-electron chi connectivity index (χ2n) is 5.55. The van der Waals surface area contributed by atoms with Crippen LogP contribution < -0.4 is 0 Å². The summed E-state index contributed by atoms with van der Waals surface area (Å²) in [6.45, 7) is 4.41. The van der Waals surface area contributed by atoms with E-state index >= 15 is 0 Å². The van der Waals surface area contributed by atoms with Gasteiger partial charge in [-0.25, -0.2) is 4.79 Å². The zero-order valence-corrected chi connectivity index (χ0v) is 12.8. The lowest BCUT2D eigenvalue weighted by molar-refractivity contribution is -0.384. The Morgan fingerprint density at radius 1 is 1.45 bits per heavy atom. The number of nitro groups is 1. The topological polar surface area (TPSA) is 87.9 Å². The number of non-ortho nitro benzene ring substituents is 1. The molecule has 1 saturated heterocycles. The van der Waals surface area contributed by atoms with Gasteiger partial charge in [0.15, 0.2) is 12.4 Å². The third kappa shape index (κ3) is 3.10. The second-order valence-corrected chi connectivity index (χ2v) is 5.55. The van der Waals surface area contributed by atoms with Crippen LogP contribution in [0.5, 0.6) is 0 Å². The predicted molar refractivity (Wildman–Crippen MR) is 77.4 cm³/mol. The fourth-order valence-corrected chi connectivity index (χ4v) is 2.37. The number of nitrogens with zero attached hydrogens (tertiary/aromatic N) is 1. The number of rotatable bonds is 5. The second kappa shape index (κ2) is 6.41. The number of benzene rings is 1. The molecule has 0 bridgehead atoms. The van der Waals surface area contributed by atoms with Gasteiger partial charge in [-0.1, -0.05) is 13.8 Å². The number of methoxy groups -OCH3 is 1. The molecular weight excluding hydrogens is 290 g/mol. The van der Waals surface area contributed by atoms with E-state index in [1.165, 1.54) is 31.4 Å². The van der Waals surface area contributed by atoms with Crippen molar-refractivity contribution in [1.82, 2.24) is 0 Å². The summed E-state index contributed by atoms with van der Waals surface area (Å²) in [5.41, 5.74) is -0.142. The molecule has 0 spiro atoms. The molecule has 1 aromatic rings. The Morgan fingerprint density at radius 2 is 2.09 bits per heavy atom. The van der Waals surface area contributed by atoms with Gasteiger partial charge in [0.05, 0.1) is 17.1 Å². The molecule has 120 valence electrons.